The molecule has 1 N–H and O–H groups in total. The van der Waals surface area contributed by atoms with Crippen molar-refractivity contribution in [1.29, 1.82) is 0 Å². The Kier molecular flexibility index (Phi) is 10.6. The molecule has 0 rings (SSSR count). The minimum absolute atomic E-state index is 1.01. The van der Waals surface area contributed by atoms with Crippen molar-refractivity contribution < 1.29 is 0 Å². The number of hydrogen-bond donors (Lipinski definition) is 1. The summed E-state index contributed by atoms with van der Waals surface area (Å²) >= 11 is 0. The molecule has 7 heteroatoms. The largest absolute Gasteiger partial charge is 0.323 e. The van der Waals surface area contributed by atoms with Crippen LogP contribution >= 0.6 is 0 Å². The zero-order chi connectivity index (χ0) is 6.95. The zero-order valence-corrected chi connectivity index (χ0v) is 11.2. The molecule has 43 valence electrons. The van der Waals surface area contributed by atoms with Crippen LogP contribution < -0.4 is 5.32 Å². The molecule has 0 unspecified atom stereocenters. The molecule has 13 radical (unpaired) electrons. The third-order valence-corrected chi connectivity index (χ3v) is 18.9. The predicted molar refractivity (Wildman–Crippen MR) is 48.5 cm³/mol. The van der Waals surface area contributed by atoms with Crippen molar-refractivity contribution in [1.82, 2.24) is 5.32 Å². The van der Waals surface area contributed by atoms with Crippen molar-refractivity contribution >= 4 is 53.0 Å². The lowest BCUT2D eigenvalue weighted by Gasteiger charge is -1.93. The number of nitrogens with one attached hydrogen (secondary N) is 1. The van der Waals surface area contributed by atoms with E-state index in [1.807, 2.05) is 7.05 Å². The van der Waals surface area contributed by atoms with Crippen molar-refractivity contribution in [2.24, 2.45) is 0 Å². The molecule has 0 heterocycles. The summed E-state index contributed by atoms with van der Waals surface area (Å²) < 4.78 is 0. The fourth-order valence-corrected chi connectivity index (χ4v) is 20.8. The van der Waals surface area contributed by atoms with Gasteiger partial charge in [-0.25, -0.2) is 0 Å². The fourth-order valence-electron chi connectivity index (χ4n) is 0.239. The third-order valence-electron chi connectivity index (χ3n) is 0.541. The van der Waals surface area contributed by atoms with Gasteiger partial charge in [0.2, 0.25) is 0 Å². The van der Waals surface area contributed by atoms with E-state index in [4.69, 9.17) is 0 Å². The average molecular weight is 213 g/mol. The molecule has 0 atom stereocenters. The molecule has 0 aromatic rings. The lowest BCUT2D eigenvalue weighted by Crippen LogP contribution is -2.28. The molecule has 0 spiro atoms. The van der Waals surface area contributed by atoms with Crippen LogP contribution in [0.25, 0.3) is 0 Å². The van der Waals surface area contributed by atoms with E-state index >= 15 is 0 Å². The summed E-state index contributed by atoms with van der Waals surface area (Å²) in [5, 5.41) is 3.16. The Balaban J connectivity index is 2.60. The van der Waals surface area contributed by atoms with Crippen LogP contribution in [0.15, 0.2) is 0 Å². The van der Waals surface area contributed by atoms with Gasteiger partial charge in [0.1, 0.15) is 0 Å². The maximum absolute atomic E-state index is 3.50. The van der Waals surface area contributed by atoms with E-state index < -0.39 is 0 Å². The van der Waals surface area contributed by atoms with Gasteiger partial charge >= 0.3 is 0 Å². The van der Waals surface area contributed by atoms with Gasteiger partial charge in [0.05, 0.1) is 0 Å². The van der Waals surface area contributed by atoms with E-state index in [1.165, 1.54) is 31.8 Å². The Morgan fingerprint density at radius 1 is 1.33 bits per heavy atom. The van der Waals surface area contributed by atoms with Gasteiger partial charge in [-0.05, 0) is 13.2 Å². The molecule has 0 saturated heterocycles. The molecular weight excluding hydrogens is 207 g/mol. The molecular formula is C2H6NSi6. The van der Waals surface area contributed by atoms with Crippen molar-refractivity contribution in [3.8, 4) is 0 Å². The molecule has 0 aliphatic rings. The highest BCUT2D eigenvalue weighted by Crippen LogP contribution is 1.53. The Hall–Kier alpha value is 1.26. The van der Waals surface area contributed by atoms with Crippen LogP contribution in [0.4, 0.5) is 0 Å². The number of rotatable bonds is 6. The summed E-state index contributed by atoms with van der Waals surface area (Å²) in [5.41, 5.74) is 0. The summed E-state index contributed by atoms with van der Waals surface area (Å²) in [6, 6.07) is 0. The minimum Gasteiger partial charge on any atom is -0.323 e. The molecule has 0 amide bonds. The van der Waals surface area contributed by atoms with Crippen molar-refractivity contribution in [2.45, 2.75) is 0 Å². The molecule has 9 heavy (non-hydrogen) atoms. The molecule has 0 aliphatic heterocycles. The SMILES string of the molecule is CNC[Si][Si][Si][Si][Si][Si]. The summed E-state index contributed by atoms with van der Waals surface area (Å²) in [7, 11) is 11.3. The topological polar surface area (TPSA) is 12.0 Å². The van der Waals surface area contributed by atoms with Crippen LogP contribution in [-0.2, 0) is 0 Å². The van der Waals surface area contributed by atoms with Crippen molar-refractivity contribution in [2.75, 3.05) is 13.2 Å². The zero-order valence-electron chi connectivity index (χ0n) is 5.21. The normalized spacial score (nSPS) is 10.0. The predicted octanol–water partition coefficient (Wildman–Crippen LogP) is -2.57. The van der Waals surface area contributed by atoms with Gasteiger partial charge in [-0.1, -0.05) is 0 Å². The van der Waals surface area contributed by atoms with E-state index in [-0.39, 0.29) is 0 Å². The van der Waals surface area contributed by atoms with E-state index in [0.29, 0.717) is 0 Å². The Morgan fingerprint density at radius 3 is 2.67 bits per heavy atom. The maximum atomic E-state index is 3.50. The number of hydrogen-bond acceptors (Lipinski definition) is 1. The Bertz CT molecular complexity index is 44.3. The molecule has 0 aromatic heterocycles. The smallest absolute Gasteiger partial charge is 0.0370 e. The lowest BCUT2D eigenvalue weighted by atomic mass is 11.3. The molecule has 1 nitrogen and oxygen atoms in total. The van der Waals surface area contributed by atoms with E-state index in [2.05, 4.69) is 15.1 Å². The van der Waals surface area contributed by atoms with Crippen LogP contribution in [0.1, 0.15) is 0 Å². The first-order valence-electron chi connectivity index (χ1n) is 2.46. The first-order valence-corrected chi connectivity index (χ1v) is 13.2. The fraction of sp³-hybridized carbons (Fsp3) is 1.00. The van der Waals surface area contributed by atoms with Crippen LogP contribution in [0.2, 0.25) is 0 Å². The monoisotopic (exact) mass is 212 g/mol. The molecule has 0 saturated carbocycles. The van der Waals surface area contributed by atoms with Gasteiger partial charge in [-0.2, -0.15) is 0 Å². The molecule has 0 aliphatic carbocycles. The van der Waals surface area contributed by atoms with Crippen LogP contribution in [0.5, 0.6) is 0 Å². The summed E-state index contributed by atoms with van der Waals surface area (Å²) in [4.78, 5) is 0. The summed E-state index contributed by atoms with van der Waals surface area (Å²) in [6.07, 6.45) is 1.22. The molecule has 0 aromatic carbocycles. The Labute approximate surface area is 71.6 Å². The van der Waals surface area contributed by atoms with Gasteiger partial charge in [0.15, 0.2) is 0 Å². The highest BCUT2D eigenvalue weighted by atomic mass is 29.9. The average Bonchev–Trinajstić information content (AvgIpc) is 1.89. The highest BCUT2D eigenvalue weighted by Gasteiger charge is 1.90. The van der Waals surface area contributed by atoms with Crippen molar-refractivity contribution in [3.05, 3.63) is 0 Å². The van der Waals surface area contributed by atoms with Crippen LogP contribution in [0, 0.1) is 0 Å². The second-order valence-corrected chi connectivity index (χ2v) is 16.0. The van der Waals surface area contributed by atoms with Gasteiger partial charge in [-0.3, -0.25) is 0 Å². The second-order valence-electron chi connectivity index (χ2n) is 1.21. The summed E-state index contributed by atoms with van der Waals surface area (Å²) in [5.74, 6) is 0. The van der Waals surface area contributed by atoms with Gasteiger partial charge in [0, 0.05) is 53.0 Å². The first kappa shape index (κ1) is 10.3. The highest BCUT2D eigenvalue weighted by molar-refractivity contribution is 7.57. The van der Waals surface area contributed by atoms with Crippen molar-refractivity contribution in [3.63, 3.8) is 0 Å². The van der Waals surface area contributed by atoms with Crippen LogP contribution in [0.3, 0.4) is 0 Å². The van der Waals surface area contributed by atoms with Gasteiger partial charge < -0.3 is 5.32 Å². The minimum atomic E-state index is 1.01. The molecule has 0 bridgehead atoms. The van der Waals surface area contributed by atoms with E-state index in [1.54, 1.807) is 0 Å². The summed E-state index contributed by atoms with van der Waals surface area (Å²) in [6.45, 7) is 0. The lowest BCUT2D eigenvalue weighted by molar-refractivity contribution is 0.972. The standard InChI is InChI=1S/C2H6NSi6/c1-3-2-5-7-9-8-6-4/h3H,2H2,1H3. The second kappa shape index (κ2) is 9.26. The van der Waals surface area contributed by atoms with E-state index in [0.717, 1.165) is 17.6 Å². The Morgan fingerprint density at radius 2 is 2.11 bits per heavy atom. The quantitative estimate of drug-likeness (QED) is 0.377. The first-order chi connectivity index (χ1) is 4.41. The van der Waals surface area contributed by atoms with Gasteiger partial charge in [-0.15, -0.1) is 0 Å². The van der Waals surface area contributed by atoms with Crippen LogP contribution in [-0.4, -0.2) is 66.2 Å². The van der Waals surface area contributed by atoms with E-state index in [9.17, 15) is 0 Å². The third kappa shape index (κ3) is 9.26. The maximum Gasteiger partial charge on any atom is 0.0370 e. The van der Waals surface area contributed by atoms with Gasteiger partial charge in [0.25, 0.3) is 0 Å². The molecule has 0 fully saturated rings.